The van der Waals surface area contributed by atoms with Gasteiger partial charge in [0.25, 0.3) is 0 Å². The second-order valence-corrected chi connectivity index (χ2v) is 3.20. The monoisotopic (exact) mass is 210 g/mol. The number of nitrogens with two attached hydrogens (primary N) is 1. The van der Waals surface area contributed by atoms with E-state index in [9.17, 15) is 4.79 Å². The lowest BCUT2D eigenvalue weighted by Crippen LogP contribution is -2.18. The number of carboxylic acid groups (broad SMARTS) is 1. The van der Waals surface area contributed by atoms with E-state index >= 15 is 0 Å². The van der Waals surface area contributed by atoms with Gasteiger partial charge in [-0.15, -0.1) is 0 Å². The van der Waals surface area contributed by atoms with Crippen molar-refractivity contribution in [2.75, 3.05) is 5.32 Å². The number of nitrogens with one attached hydrogen (secondary N) is 1. The predicted molar refractivity (Wildman–Crippen MR) is 58.2 cm³/mol. The largest absolute Gasteiger partial charge is 0.481 e. The molecule has 0 aliphatic heterocycles. The molecule has 0 fully saturated rings. The highest BCUT2D eigenvalue weighted by Crippen LogP contribution is 2.09. The van der Waals surface area contributed by atoms with Crippen molar-refractivity contribution in [3.63, 3.8) is 0 Å². The molecule has 0 spiro atoms. The molecule has 0 atom stereocenters. The summed E-state index contributed by atoms with van der Waals surface area (Å²) in [5.74, 6) is -0.847. The molecule has 0 radical (unpaired) electrons. The van der Waals surface area contributed by atoms with Crippen molar-refractivity contribution in [3.05, 3.63) is 29.8 Å². The zero-order chi connectivity index (χ0) is 10.6. The minimum Gasteiger partial charge on any atom is -0.481 e. The molecule has 1 rings (SSSR count). The summed E-state index contributed by atoms with van der Waals surface area (Å²) in [6, 6.07) is 6.90. The Labute approximate surface area is 86.7 Å². The zero-order valence-corrected chi connectivity index (χ0v) is 8.17. The van der Waals surface area contributed by atoms with Crippen LogP contribution in [0.5, 0.6) is 0 Å². The number of carbonyl (C=O) groups is 1. The molecule has 0 amide bonds. The van der Waals surface area contributed by atoms with E-state index in [2.05, 4.69) is 17.5 Å². The summed E-state index contributed by atoms with van der Waals surface area (Å²) in [5.41, 5.74) is 6.77. The van der Waals surface area contributed by atoms with Crippen LogP contribution < -0.4 is 11.1 Å². The third kappa shape index (κ3) is 3.40. The Morgan fingerprint density at radius 1 is 1.43 bits per heavy atom. The molecular formula is C9H10N2O2S. The number of rotatable bonds is 3. The highest BCUT2D eigenvalue weighted by Gasteiger charge is 1.99. The summed E-state index contributed by atoms with van der Waals surface area (Å²) in [4.78, 5) is 10.4. The van der Waals surface area contributed by atoms with Crippen LogP contribution in [0.25, 0.3) is 0 Å². The molecular weight excluding hydrogens is 200 g/mol. The molecule has 0 aliphatic rings. The van der Waals surface area contributed by atoms with Gasteiger partial charge in [-0.2, -0.15) is 0 Å². The van der Waals surface area contributed by atoms with Crippen LogP contribution in [-0.4, -0.2) is 16.2 Å². The summed E-state index contributed by atoms with van der Waals surface area (Å²) in [6.07, 6.45) is 0.0212. The molecule has 4 N–H and O–H groups in total. The summed E-state index contributed by atoms with van der Waals surface area (Å²) < 4.78 is 0. The molecule has 0 unspecified atom stereocenters. The summed E-state index contributed by atoms with van der Waals surface area (Å²) in [5, 5.41) is 11.5. The third-order valence-electron chi connectivity index (χ3n) is 1.58. The van der Waals surface area contributed by atoms with Gasteiger partial charge in [0, 0.05) is 5.69 Å². The second-order valence-electron chi connectivity index (χ2n) is 2.76. The molecule has 0 aliphatic carbocycles. The van der Waals surface area contributed by atoms with Gasteiger partial charge in [0.15, 0.2) is 5.11 Å². The molecule has 14 heavy (non-hydrogen) atoms. The van der Waals surface area contributed by atoms with Crippen LogP contribution in [-0.2, 0) is 11.2 Å². The van der Waals surface area contributed by atoms with E-state index in [4.69, 9.17) is 10.8 Å². The minimum absolute atomic E-state index is 0.0212. The van der Waals surface area contributed by atoms with Crippen LogP contribution in [0, 0.1) is 0 Å². The number of anilines is 1. The van der Waals surface area contributed by atoms with Crippen LogP contribution in [0.2, 0.25) is 0 Å². The minimum atomic E-state index is -0.847. The van der Waals surface area contributed by atoms with Gasteiger partial charge >= 0.3 is 5.97 Å². The maximum Gasteiger partial charge on any atom is 0.307 e. The van der Waals surface area contributed by atoms with Crippen molar-refractivity contribution in [3.8, 4) is 0 Å². The zero-order valence-electron chi connectivity index (χ0n) is 7.36. The van der Waals surface area contributed by atoms with E-state index in [1.165, 1.54) is 0 Å². The highest BCUT2D eigenvalue weighted by molar-refractivity contribution is 7.80. The molecule has 0 saturated heterocycles. The molecule has 1 aromatic carbocycles. The maximum atomic E-state index is 10.4. The lowest BCUT2D eigenvalue weighted by Gasteiger charge is -2.03. The third-order valence-corrected chi connectivity index (χ3v) is 1.68. The van der Waals surface area contributed by atoms with Gasteiger partial charge in [-0.25, -0.2) is 0 Å². The van der Waals surface area contributed by atoms with Crippen molar-refractivity contribution < 1.29 is 9.90 Å². The van der Waals surface area contributed by atoms with Gasteiger partial charge in [0.2, 0.25) is 0 Å². The Morgan fingerprint density at radius 3 is 2.43 bits per heavy atom. The van der Waals surface area contributed by atoms with Crippen LogP contribution in [0.15, 0.2) is 24.3 Å². The molecule has 5 heteroatoms. The standard InChI is InChI=1S/C9H10N2O2S/c10-9(14)11-7-3-1-6(2-4-7)5-8(12)13/h1-4H,5H2,(H,12,13)(H3,10,11,14). The molecule has 0 heterocycles. The fourth-order valence-corrected chi connectivity index (χ4v) is 1.14. The first-order valence-electron chi connectivity index (χ1n) is 3.95. The first-order valence-corrected chi connectivity index (χ1v) is 4.36. The van der Waals surface area contributed by atoms with E-state index in [0.29, 0.717) is 0 Å². The molecule has 74 valence electrons. The lowest BCUT2D eigenvalue weighted by molar-refractivity contribution is -0.136. The SMILES string of the molecule is NC(=S)Nc1ccc(CC(=O)O)cc1. The van der Waals surface area contributed by atoms with Crippen LogP contribution in [0.1, 0.15) is 5.56 Å². The fraction of sp³-hybridized carbons (Fsp3) is 0.111. The number of carboxylic acids is 1. The summed E-state index contributed by atoms with van der Waals surface area (Å²) in [7, 11) is 0. The van der Waals surface area contributed by atoms with Crippen molar-refractivity contribution in [2.45, 2.75) is 6.42 Å². The van der Waals surface area contributed by atoms with Gasteiger partial charge < -0.3 is 16.2 Å². The van der Waals surface area contributed by atoms with E-state index in [1.807, 2.05) is 0 Å². The topological polar surface area (TPSA) is 75.3 Å². The van der Waals surface area contributed by atoms with Crippen molar-refractivity contribution in [1.29, 1.82) is 0 Å². The first-order chi connectivity index (χ1) is 6.58. The smallest absolute Gasteiger partial charge is 0.307 e. The summed E-state index contributed by atoms with van der Waals surface area (Å²) in [6.45, 7) is 0. The number of hydrogen-bond donors (Lipinski definition) is 3. The van der Waals surface area contributed by atoms with Gasteiger partial charge in [-0.1, -0.05) is 12.1 Å². The summed E-state index contributed by atoms with van der Waals surface area (Å²) >= 11 is 4.65. The lowest BCUT2D eigenvalue weighted by atomic mass is 10.1. The van der Waals surface area contributed by atoms with E-state index in [0.717, 1.165) is 11.3 Å². The van der Waals surface area contributed by atoms with Crippen molar-refractivity contribution >= 4 is 29.0 Å². The van der Waals surface area contributed by atoms with Gasteiger partial charge in [0.05, 0.1) is 6.42 Å². The van der Waals surface area contributed by atoms with Gasteiger partial charge in [-0.05, 0) is 29.9 Å². The normalized spacial score (nSPS) is 9.43. The van der Waals surface area contributed by atoms with Crippen LogP contribution >= 0.6 is 12.2 Å². The van der Waals surface area contributed by atoms with Crippen molar-refractivity contribution in [1.82, 2.24) is 0 Å². The number of benzene rings is 1. The molecule has 0 saturated carbocycles. The molecule has 1 aromatic rings. The molecule has 0 bridgehead atoms. The Hall–Kier alpha value is -1.62. The van der Waals surface area contributed by atoms with Crippen LogP contribution in [0.3, 0.4) is 0 Å². The first kappa shape index (κ1) is 10.5. The Kier molecular flexibility index (Phi) is 3.41. The number of hydrogen-bond acceptors (Lipinski definition) is 2. The quantitative estimate of drug-likeness (QED) is 0.648. The Morgan fingerprint density at radius 2 is 2.00 bits per heavy atom. The fourth-order valence-electron chi connectivity index (χ4n) is 1.02. The van der Waals surface area contributed by atoms with Gasteiger partial charge in [0.1, 0.15) is 0 Å². The van der Waals surface area contributed by atoms with E-state index in [1.54, 1.807) is 24.3 Å². The van der Waals surface area contributed by atoms with Crippen molar-refractivity contribution in [2.24, 2.45) is 5.73 Å². The predicted octanol–water partition coefficient (Wildman–Crippen LogP) is 0.969. The molecule has 4 nitrogen and oxygen atoms in total. The highest BCUT2D eigenvalue weighted by atomic mass is 32.1. The Balaban J connectivity index is 2.68. The average Bonchev–Trinajstić information content (AvgIpc) is 2.06. The van der Waals surface area contributed by atoms with Gasteiger partial charge in [-0.3, -0.25) is 4.79 Å². The average molecular weight is 210 g/mol. The molecule has 0 aromatic heterocycles. The maximum absolute atomic E-state index is 10.4. The number of thiocarbonyl (C=S) groups is 1. The van der Waals surface area contributed by atoms with Crippen LogP contribution in [0.4, 0.5) is 5.69 Å². The number of aliphatic carboxylic acids is 1. The van der Waals surface area contributed by atoms with E-state index in [-0.39, 0.29) is 11.5 Å². The Bertz CT molecular complexity index is 313. The second kappa shape index (κ2) is 4.57. The van der Waals surface area contributed by atoms with E-state index < -0.39 is 5.97 Å².